The van der Waals surface area contributed by atoms with Crippen molar-refractivity contribution in [2.24, 2.45) is 5.92 Å². The van der Waals surface area contributed by atoms with Gasteiger partial charge in [0.15, 0.2) is 11.5 Å². The van der Waals surface area contributed by atoms with Crippen molar-refractivity contribution in [2.45, 2.75) is 50.2 Å². The summed E-state index contributed by atoms with van der Waals surface area (Å²) in [5.74, 6) is 1.93. The smallest absolute Gasteiger partial charge is 0.163 e. The average molecular weight is 305 g/mol. The number of hydrogen-bond acceptors (Lipinski definition) is 4. The summed E-state index contributed by atoms with van der Waals surface area (Å²) in [6, 6.07) is 6.33. The second-order valence-electron chi connectivity index (χ2n) is 6.62. The number of benzene rings is 1. The van der Waals surface area contributed by atoms with E-state index in [0.717, 1.165) is 55.7 Å². The number of rotatable bonds is 4. The van der Waals surface area contributed by atoms with E-state index in [1.54, 1.807) is 14.2 Å². The molecule has 2 aliphatic rings. The van der Waals surface area contributed by atoms with Crippen LogP contribution in [0, 0.1) is 5.92 Å². The van der Waals surface area contributed by atoms with E-state index >= 15 is 0 Å². The molecule has 3 atom stereocenters. The van der Waals surface area contributed by atoms with E-state index in [0.29, 0.717) is 12.0 Å². The predicted octanol–water partition coefficient (Wildman–Crippen LogP) is 2.53. The number of fused-ring (bicyclic) bond motifs is 1. The van der Waals surface area contributed by atoms with Crippen molar-refractivity contribution >= 4 is 0 Å². The molecule has 3 unspecified atom stereocenters. The van der Waals surface area contributed by atoms with Crippen molar-refractivity contribution in [3.63, 3.8) is 0 Å². The predicted molar refractivity (Wildman–Crippen MR) is 86.6 cm³/mol. The minimum absolute atomic E-state index is 0.306. The fourth-order valence-electron chi connectivity index (χ4n) is 4.32. The van der Waals surface area contributed by atoms with Crippen molar-refractivity contribution in [1.29, 1.82) is 0 Å². The SMILES string of the molecule is COc1cccc(CC2NCCC3(O)CCCCC23)c1OC. The lowest BCUT2D eigenvalue weighted by atomic mass is 9.67. The second-order valence-corrected chi connectivity index (χ2v) is 6.62. The Morgan fingerprint density at radius 3 is 2.86 bits per heavy atom. The third kappa shape index (κ3) is 2.82. The Balaban J connectivity index is 1.83. The minimum Gasteiger partial charge on any atom is -0.493 e. The fourth-order valence-corrected chi connectivity index (χ4v) is 4.32. The first kappa shape index (κ1) is 15.6. The lowest BCUT2D eigenvalue weighted by Gasteiger charge is -2.48. The Kier molecular flexibility index (Phi) is 4.59. The third-order valence-electron chi connectivity index (χ3n) is 5.44. The van der Waals surface area contributed by atoms with Crippen LogP contribution in [0.4, 0.5) is 0 Å². The van der Waals surface area contributed by atoms with E-state index in [1.807, 2.05) is 12.1 Å². The lowest BCUT2D eigenvalue weighted by Crippen LogP contribution is -2.58. The second kappa shape index (κ2) is 6.47. The van der Waals surface area contributed by atoms with E-state index in [2.05, 4.69) is 11.4 Å². The summed E-state index contributed by atoms with van der Waals surface area (Å²) in [4.78, 5) is 0. The molecule has 1 aromatic rings. The van der Waals surface area contributed by atoms with Crippen molar-refractivity contribution in [3.05, 3.63) is 23.8 Å². The molecule has 4 heteroatoms. The molecule has 1 aliphatic carbocycles. The number of piperidine rings is 1. The third-order valence-corrected chi connectivity index (χ3v) is 5.44. The molecule has 0 amide bonds. The summed E-state index contributed by atoms with van der Waals surface area (Å²) in [6.07, 6.45) is 6.19. The van der Waals surface area contributed by atoms with Crippen LogP contribution < -0.4 is 14.8 Å². The van der Waals surface area contributed by atoms with Crippen LogP contribution in [0.25, 0.3) is 0 Å². The molecule has 0 bridgehead atoms. The van der Waals surface area contributed by atoms with E-state index in [1.165, 1.54) is 6.42 Å². The summed E-state index contributed by atoms with van der Waals surface area (Å²) in [5.41, 5.74) is 0.675. The lowest BCUT2D eigenvalue weighted by molar-refractivity contribution is -0.0851. The Morgan fingerprint density at radius 2 is 2.09 bits per heavy atom. The molecular weight excluding hydrogens is 278 g/mol. The van der Waals surface area contributed by atoms with Crippen LogP contribution in [0.1, 0.15) is 37.7 Å². The molecule has 0 radical (unpaired) electrons. The van der Waals surface area contributed by atoms with Crippen LogP contribution in [-0.2, 0) is 6.42 Å². The summed E-state index contributed by atoms with van der Waals surface area (Å²) in [7, 11) is 3.35. The molecule has 1 aliphatic heterocycles. The number of methoxy groups -OCH3 is 2. The summed E-state index contributed by atoms with van der Waals surface area (Å²) in [6.45, 7) is 0.893. The van der Waals surface area contributed by atoms with Crippen LogP contribution in [0.3, 0.4) is 0 Å². The van der Waals surface area contributed by atoms with E-state index < -0.39 is 5.60 Å². The first-order valence-electron chi connectivity index (χ1n) is 8.33. The van der Waals surface area contributed by atoms with E-state index in [4.69, 9.17) is 9.47 Å². The number of para-hydroxylation sites is 1. The molecule has 2 N–H and O–H groups in total. The zero-order valence-electron chi connectivity index (χ0n) is 13.6. The van der Waals surface area contributed by atoms with Gasteiger partial charge in [0.2, 0.25) is 0 Å². The van der Waals surface area contributed by atoms with E-state index in [-0.39, 0.29) is 0 Å². The van der Waals surface area contributed by atoms with Crippen LogP contribution in [0.15, 0.2) is 18.2 Å². The van der Waals surface area contributed by atoms with Gasteiger partial charge in [-0.05, 0) is 43.9 Å². The van der Waals surface area contributed by atoms with Gasteiger partial charge in [0.05, 0.1) is 19.8 Å². The molecule has 4 nitrogen and oxygen atoms in total. The average Bonchev–Trinajstić information content (AvgIpc) is 2.54. The molecule has 1 saturated carbocycles. The zero-order chi connectivity index (χ0) is 15.6. The van der Waals surface area contributed by atoms with Crippen LogP contribution in [0.2, 0.25) is 0 Å². The van der Waals surface area contributed by atoms with Gasteiger partial charge < -0.3 is 19.9 Å². The molecule has 1 heterocycles. The van der Waals surface area contributed by atoms with Crippen LogP contribution in [0.5, 0.6) is 11.5 Å². The number of hydrogen-bond donors (Lipinski definition) is 2. The molecule has 2 fully saturated rings. The normalized spacial score (nSPS) is 31.4. The zero-order valence-corrected chi connectivity index (χ0v) is 13.6. The highest BCUT2D eigenvalue weighted by molar-refractivity contribution is 5.47. The van der Waals surface area contributed by atoms with Gasteiger partial charge >= 0.3 is 0 Å². The molecular formula is C18H27NO3. The van der Waals surface area contributed by atoms with Gasteiger partial charge in [0, 0.05) is 12.0 Å². The van der Waals surface area contributed by atoms with Gasteiger partial charge in [-0.25, -0.2) is 0 Å². The monoisotopic (exact) mass is 305 g/mol. The topological polar surface area (TPSA) is 50.7 Å². The highest BCUT2D eigenvalue weighted by atomic mass is 16.5. The number of aliphatic hydroxyl groups is 1. The van der Waals surface area contributed by atoms with Crippen LogP contribution in [-0.4, -0.2) is 37.5 Å². The summed E-state index contributed by atoms with van der Waals surface area (Å²) >= 11 is 0. The summed E-state index contributed by atoms with van der Waals surface area (Å²) in [5, 5.41) is 14.6. The Labute approximate surface area is 132 Å². The standard InChI is InChI=1S/C18H27NO3/c1-21-16-8-5-6-13(17(16)22-2)12-15-14-7-3-4-9-18(14,20)10-11-19-15/h5-6,8,14-15,19-20H,3-4,7,9-12H2,1-2H3. The maximum atomic E-state index is 11.0. The van der Waals surface area contributed by atoms with Gasteiger partial charge in [-0.15, -0.1) is 0 Å². The molecule has 0 aromatic heterocycles. The van der Waals surface area contributed by atoms with Crippen LogP contribution >= 0.6 is 0 Å². The Hall–Kier alpha value is -1.26. The quantitative estimate of drug-likeness (QED) is 0.897. The number of ether oxygens (including phenoxy) is 2. The molecule has 0 spiro atoms. The van der Waals surface area contributed by atoms with Crippen molar-refractivity contribution in [3.8, 4) is 11.5 Å². The van der Waals surface area contributed by atoms with Crippen molar-refractivity contribution in [2.75, 3.05) is 20.8 Å². The van der Waals surface area contributed by atoms with Gasteiger partial charge in [-0.3, -0.25) is 0 Å². The largest absolute Gasteiger partial charge is 0.493 e. The first-order valence-corrected chi connectivity index (χ1v) is 8.33. The molecule has 3 rings (SSSR count). The van der Waals surface area contributed by atoms with Crippen molar-refractivity contribution < 1.29 is 14.6 Å². The van der Waals surface area contributed by atoms with E-state index in [9.17, 15) is 5.11 Å². The Bertz CT molecular complexity index is 515. The maximum absolute atomic E-state index is 11.0. The van der Waals surface area contributed by atoms with Gasteiger partial charge in [0.25, 0.3) is 0 Å². The molecule has 1 saturated heterocycles. The highest BCUT2D eigenvalue weighted by Gasteiger charge is 2.45. The molecule has 22 heavy (non-hydrogen) atoms. The van der Waals surface area contributed by atoms with Gasteiger partial charge in [-0.2, -0.15) is 0 Å². The van der Waals surface area contributed by atoms with Gasteiger partial charge in [-0.1, -0.05) is 25.0 Å². The fraction of sp³-hybridized carbons (Fsp3) is 0.667. The molecule has 122 valence electrons. The number of nitrogens with one attached hydrogen (secondary N) is 1. The summed E-state index contributed by atoms with van der Waals surface area (Å²) < 4.78 is 11.0. The van der Waals surface area contributed by atoms with Crippen molar-refractivity contribution in [1.82, 2.24) is 5.32 Å². The minimum atomic E-state index is -0.472. The highest BCUT2D eigenvalue weighted by Crippen LogP contribution is 2.42. The van der Waals surface area contributed by atoms with Gasteiger partial charge in [0.1, 0.15) is 0 Å². The first-order chi connectivity index (χ1) is 10.7. The Morgan fingerprint density at radius 1 is 1.23 bits per heavy atom. The maximum Gasteiger partial charge on any atom is 0.163 e. The molecule has 1 aromatic carbocycles.